The van der Waals surface area contributed by atoms with Crippen molar-refractivity contribution in [3.63, 3.8) is 0 Å². The fraction of sp³-hybridized carbons (Fsp3) is 0.500. The fourth-order valence-corrected chi connectivity index (χ4v) is 7.00. The molecule has 2 saturated heterocycles. The number of nitrogens with zero attached hydrogens (tertiary/aromatic N) is 7. The number of nitrogens with two attached hydrogens (primary N) is 2. The number of aliphatic hydroxyl groups excluding tert-OH is 2. The van der Waals surface area contributed by atoms with Crippen molar-refractivity contribution in [1.29, 1.82) is 0 Å². The number of halogens is 1. The number of hydrogen-bond acceptors (Lipinski definition) is 17. The number of aromatic amines is 1. The number of ether oxygens (including phenoxy) is 2. The van der Waals surface area contributed by atoms with E-state index < -0.39 is 83.2 Å². The van der Waals surface area contributed by atoms with Gasteiger partial charge in [-0.2, -0.15) is 4.98 Å². The molecule has 6 rings (SSSR count). The maximum absolute atomic E-state index is 13.2. The number of aromatic nitrogens is 8. The van der Waals surface area contributed by atoms with Crippen molar-refractivity contribution in [2.45, 2.75) is 48.4 Å². The standard InChI is InChI=1S/C20H25ClN10O12P2/c21-8-12(42-44(35)36)7(41-18(8)30-4-26-9-14(22)24-3-25-15(9)30)2-39-45(37,38)43-13-11(33)6(1-32)40-19(13)31-5-27-10-16(31)28-20(23)29-17(10)34/h3-8,11-13,18-19,32-33,44H,1-2H2,(H,35,36)(H,37,38)(H2,22,24,25)(H3,23,28,29,34)/t6-,7-,8+,11-,12-,13-,18-,19-/m1/s1. The summed E-state index contributed by atoms with van der Waals surface area (Å²) in [5, 5.41) is 19.3. The first-order valence-corrected chi connectivity index (χ1v) is 16.0. The summed E-state index contributed by atoms with van der Waals surface area (Å²) in [7, 11) is -8.72. The molecular formula is C20H25ClN10O12P2. The van der Waals surface area contributed by atoms with E-state index in [4.69, 9.17) is 46.1 Å². The van der Waals surface area contributed by atoms with Gasteiger partial charge in [-0.3, -0.25) is 32.5 Å². The first-order valence-electron chi connectivity index (χ1n) is 12.8. The molecule has 0 aliphatic carbocycles. The van der Waals surface area contributed by atoms with Crippen LogP contribution in [0.5, 0.6) is 0 Å². The Kier molecular flexibility index (Phi) is 8.67. The Bertz CT molecular complexity index is 1860. The number of hydrogen-bond donors (Lipinski definition) is 7. The Hall–Kier alpha value is -3.11. The fourth-order valence-electron chi connectivity index (χ4n) is 5.05. The smallest absolute Gasteiger partial charge is 0.394 e. The van der Waals surface area contributed by atoms with Crippen molar-refractivity contribution < 1.29 is 52.2 Å². The van der Waals surface area contributed by atoms with E-state index in [0.717, 1.165) is 10.9 Å². The minimum Gasteiger partial charge on any atom is -0.394 e. The molecule has 6 heterocycles. The third kappa shape index (κ3) is 5.96. The Labute approximate surface area is 255 Å². The summed E-state index contributed by atoms with van der Waals surface area (Å²) >= 11 is 6.55. The number of fused-ring (bicyclic) bond motifs is 2. The molecule has 2 fully saturated rings. The molecule has 2 aliphatic rings. The van der Waals surface area contributed by atoms with Crippen LogP contribution in [0.1, 0.15) is 12.5 Å². The maximum Gasteiger partial charge on any atom is 0.472 e. The van der Waals surface area contributed by atoms with Gasteiger partial charge in [-0.05, 0) is 0 Å². The zero-order chi connectivity index (χ0) is 32.2. The molecule has 0 radical (unpaired) electrons. The number of phosphoric acid groups is 1. The van der Waals surface area contributed by atoms with Gasteiger partial charge >= 0.3 is 16.1 Å². The number of phosphoric ester groups is 1. The summed E-state index contributed by atoms with van der Waals surface area (Å²) < 4.78 is 54.4. The second kappa shape index (κ2) is 12.2. The van der Waals surface area contributed by atoms with Crippen LogP contribution in [-0.2, 0) is 32.2 Å². The molecule has 0 amide bonds. The maximum atomic E-state index is 13.2. The Morgan fingerprint density at radius 1 is 1.07 bits per heavy atom. The molecule has 2 unspecified atom stereocenters. The van der Waals surface area contributed by atoms with Crippen LogP contribution < -0.4 is 17.0 Å². The van der Waals surface area contributed by atoms with E-state index in [-0.39, 0.29) is 34.1 Å². The third-order valence-corrected chi connectivity index (χ3v) is 8.96. The molecule has 10 atom stereocenters. The number of nitrogen functional groups attached to an aromatic ring is 2. The van der Waals surface area contributed by atoms with E-state index in [9.17, 15) is 33.9 Å². The summed E-state index contributed by atoms with van der Waals surface area (Å²) in [6.07, 6.45) is -6.30. The highest BCUT2D eigenvalue weighted by Gasteiger charge is 2.51. The summed E-state index contributed by atoms with van der Waals surface area (Å²) in [5.41, 5.74) is 11.0. The van der Waals surface area contributed by atoms with Crippen molar-refractivity contribution in [3.05, 3.63) is 29.3 Å². The number of H-pyrrole nitrogens is 1. The van der Waals surface area contributed by atoms with Crippen molar-refractivity contribution in [2.75, 3.05) is 24.7 Å². The van der Waals surface area contributed by atoms with Gasteiger partial charge in [0.15, 0.2) is 35.1 Å². The van der Waals surface area contributed by atoms with Crippen LogP contribution in [-0.4, -0.2) is 108 Å². The van der Waals surface area contributed by atoms with Crippen LogP contribution in [0.15, 0.2) is 23.8 Å². The Balaban J connectivity index is 1.22. The average molecular weight is 695 g/mol. The van der Waals surface area contributed by atoms with E-state index in [2.05, 4.69) is 29.9 Å². The van der Waals surface area contributed by atoms with Gasteiger partial charge in [-0.15, -0.1) is 11.6 Å². The lowest BCUT2D eigenvalue weighted by atomic mass is 10.1. The normalized spacial score (nSPS) is 30.7. The molecule has 0 aromatic carbocycles. The molecule has 244 valence electrons. The largest absolute Gasteiger partial charge is 0.472 e. The van der Waals surface area contributed by atoms with Gasteiger partial charge in [-0.1, -0.05) is 0 Å². The van der Waals surface area contributed by atoms with Gasteiger partial charge in [-0.25, -0.2) is 24.5 Å². The van der Waals surface area contributed by atoms with Crippen molar-refractivity contribution in [2.24, 2.45) is 0 Å². The van der Waals surface area contributed by atoms with E-state index in [1.165, 1.54) is 17.2 Å². The number of imidazole rings is 2. The lowest BCUT2D eigenvalue weighted by Gasteiger charge is -2.25. The van der Waals surface area contributed by atoms with E-state index in [0.29, 0.717) is 0 Å². The van der Waals surface area contributed by atoms with Crippen LogP contribution in [0.25, 0.3) is 22.3 Å². The predicted octanol–water partition coefficient (Wildman–Crippen LogP) is -1.85. The third-order valence-electron chi connectivity index (χ3n) is 7.04. The highest BCUT2D eigenvalue weighted by atomic mass is 35.5. The van der Waals surface area contributed by atoms with E-state index in [1.54, 1.807) is 0 Å². The molecule has 9 N–H and O–H groups in total. The summed E-state index contributed by atoms with van der Waals surface area (Å²) in [5.74, 6) is -0.196. The number of alkyl halides is 1. The topological polar surface area (TPSA) is 320 Å². The monoisotopic (exact) mass is 694 g/mol. The average Bonchev–Trinajstić information content (AvgIpc) is 3.73. The van der Waals surface area contributed by atoms with E-state index in [1.807, 2.05) is 0 Å². The highest BCUT2D eigenvalue weighted by molar-refractivity contribution is 7.47. The van der Waals surface area contributed by atoms with Crippen LogP contribution >= 0.6 is 27.7 Å². The van der Waals surface area contributed by atoms with Gasteiger partial charge in [0.1, 0.15) is 47.7 Å². The number of rotatable bonds is 10. The van der Waals surface area contributed by atoms with E-state index >= 15 is 0 Å². The van der Waals surface area contributed by atoms with Crippen molar-refractivity contribution in [3.8, 4) is 0 Å². The van der Waals surface area contributed by atoms with Gasteiger partial charge in [0, 0.05) is 0 Å². The molecule has 25 heteroatoms. The minimum absolute atomic E-state index is 0.0731. The van der Waals surface area contributed by atoms with Gasteiger partial charge in [0.05, 0.1) is 25.9 Å². The highest BCUT2D eigenvalue weighted by Crippen LogP contribution is 2.50. The van der Waals surface area contributed by atoms with Gasteiger partial charge < -0.3 is 45.5 Å². The predicted molar refractivity (Wildman–Crippen MR) is 150 cm³/mol. The zero-order valence-corrected chi connectivity index (χ0v) is 25.1. The zero-order valence-electron chi connectivity index (χ0n) is 22.4. The number of aliphatic hydroxyl groups is 2. The Morgan fingerprint density at radius 2 is 1.76 bits per heavy atom. The van der Waals surface area contributed by atoms with Gasteiger partial charge in [0.25, 0.3) is 5.56 Å². The molecule has 4 aromatic heterocycles. The minimum atomic E-state index is -5.13. The quantitative estimate of drug-likeness (QED) is 0.0707. The second-order valence-electron chi connectivity index (χ2n) is 9.79. The summed E-state index contributed by atoms with van der Waals surface area (Å²) in [6.45, 7) is -1.49. The molecule has 2 aliphatic heterocycles. The second-order valence-corrected chi connectivity index (χ2v) is 12.5. The van der Waals surface area contributed by atoms with Crippen LogP contribution in [0.3, 0.4) is 0 Å². The molecule has 4 aromatic rings. The number of nitrogens with one attached hydrogen (secondary N) is 1. The van der Waals surface area contributed by atoms with Crippen LogP contribution in [0.2, 0.25) is 0 Å². The van der Waals surface area contributed by atoms with Crippen molar-refractivity contribution in [1.82, 2.24) is 39.0 Å². The molecule has 22 nitrogen and oxygen atoms in total. The van der Waals surface area contributed by atoms with Crippen molar-refractivity contribution >= 4 is 61.8 Å². The Morgan fingerprint density at radius 3 is 2.47 bits per heavy atom. The molecule has 0 bridgehead atoms. The molecule has 45 heavy (non-hydrogen) atoms. The lowest BCUT2D eigenvalue weighted by molar-refractivity contribution is -0.0579. The summed E-state index contributed by atoms with van der Waals surface area (Å²) in [4.78, 5) is 54.7. The first-order chi connectivity index (χ1) is 21.4. The van der Waals surface area contributed by atoms with Gasteiger partial charge in [0.2, 0.25) is 5.95 Å². The number of anilines is 2. The van der Waals surface area contributed by atoms with Crippen LogP contribution in [0.4, 0.5) is 11.8 Å². The first kappa shape index (κ1) is 31.9. The SMILES string of the molecule is Nc1nc2c(ncn2[C@@H]2O[C@H](CO)[C@@H](O)[C@H]2OP(=O)(O)OC[C@H]2O[C@@H](n3cnc4c(N)ncnc43)[C@@H](Cl)[C@@H]2O[PH](=O)O)c(=O)[nH]1. The van der Waals surface area contributed by atoms with Crippen LogP contribution in [0, 0.1) is 0 Å². The molecule has 0 spiro atoms. The molecule has 0 saturated carbocycles. The molecular weight excluding hydrogens is 670 g/mol. The lowest BCUT2D eigenvalue weighted by Crippen LogP contribution is -2.35. The summed E-state index contributed by atoms with van der Waals surface area (Å²) in [6, 6.07) is 0.